The highest BCUT2D eigenvalue weighted by Crippen LogP contribution is 2.33. The molecule has 2 aliphatic rings. The van der Waals surface area contributed by atoms with Crippen LogP contribution in [0.3, 0.4) is 0 Å². The Bertz CT molecular complexity index is 1090. The summed E-state index contributed by atoms with van der Waals surface area (Å²) in [6, 6.07) is 7.31. The summed E-state index contributed by atoms with van der Waals surface area (Å²) >= 11 is 0. The van der Waals surface area contributed by atoms with Gasteiger partial charge in [0.1, 0.15) is 23.9 Å². The van der Waals surface area contributed by atoms with Crippen LogP contribution in [0.15, 0.2) is 42.7 Å². The predicted octanol–water partition coefficient (Wildman–Crippen LogP) is 1.68. The van der Waals surface area contributed by atoms with Gasteiger partial charge in [0.15, 0.2) is 0 Å². The van der Waals surface area contributed by atoms with Crippen LogP contribution in [0.25, 0.3) is 5.78 Å². The summed E-state index contributed by atoms with van der Waals surface area (Å²) in [6.07, 6.45) is 8.46. The molecule has 0 radical (unpaired) electrons. The number of methoxy groups -OCH3 is 1. The first-order chi connectivity index (χ1) is 14.2. The summed E-state index contributed by atoms with van der Waals surface area (Å²) in [5.74, 6) is 2.29. The minimum atomic E-state index is -0.382. The maximum Gasteiger partial charge on any atom is 0.254 e. The number of anilines is 1. The summed E-state index contributed by atoms with van der Waals surface area (Å²) in [4.78, 5) is 24.0. The number of carbonyl (C=O) groups is 1. The topological polar surface area (TPSA) is 84.6 Å². The van der Waals surface area contributed by atoms with E-state index in [9.17, 15) is 4.79 Å². The van der Waals surface area contributed by atoms with Crippen LogP contribution >= 0.6 is 0 Å². The van der Waals surface area contributed by atoms with Crippen LogP contribution in [0, 0.1) is 0 Å². The zero-order valence-electron chi connectivity index (χ0n) is 16.2. The smallest absolute Gasteiger partial charge is 0.254 e. The third-order valence-electron chi connectivity index (χ3n) is 5.55. The predicted molar refractivity (Wildman–Crippen MR) is 108 cm³/mol. The lowest BCUT2D eigenvalue weighted by molar-refractivity contribution is -0.121. The Morgan fingerprint density at radius 3 is 2.97 bits per heavy atom. The molecule has 0 saturated heterocycles. The Morgan fingerprint density at radius 1 is 1.28 bits per heavy atom. The molecule has 0 spiro atoms. The molecule has 1 aromatic carbocycles. The van der Waals surface area contributed by atoms with Crippen molar-refractivity contribution in [2.75, 3.05) is 18.6 Å². The first-order valence-corrected chi connectivity index (χ1v) is 9.80. The SMILES string of the molecule is COc1ccc(CNC(=O)[C@@H]2C=CCN2c2c3c(nc4ncnn24)CCC3)cc1. The quantitative estimate of drug-likeness (QED) is 0.668. The van der Waals surface area contributed by atoms with Gasteiger partial charge < -0.3 is 15.0 Å². The van der Waals surface area contributed by atoms with Gasteiger partial charge in [0.2, 0.25) is 5.91 Å². The van der Waals surface area contributed by atoms with Crippen molar-refractivity contribution in [2.45, 2.75) is 31.8 Å². The number of aromatic nitrogens is 4. The molecule has 1 aliphatic carbocycles. The molecule has 1 atom stereocenters. The number of nitrogens with one attached hydrogen (secondary N) is 1. The van der Waals surface area contributed by atoms with E-state index in [1.807, 2.05) is 36.4 Å². The van der Waals surface area contributed by atoms with Crippen molar-refractivity contribution in [2.24, 2.45) is 0 Å². The van der Waals surface area contributed by atoms with Crippen LogP contribution in [0.5, 0.6) is 5.75 Å². The fraction of sp³-hybridized carbons (Fsp3) is 0.333. The number of hydrogen-bond donors (Lipinski definition) is 1. The number of carbonyl (C=O) groups excluding carboxylic acids is 1. The third kappa shape index (κ3) is 3.10. The molecule has 0 fully saturated rings. The monoisotopic (exact) mass is 390 g/mol. The lowest BCUT2D eigenvalue weighted by Gasteiger charge is -2.28. The fourth-order valence-electron chi connectivity index (χ4n) is 4.10. The molecule has 1 aliphatic heterocycles. The Kier molecular flexibility index (Phi) is 4.38. The van der Waals surface area contributed by atoms with E-state index in [2.05, 4.69) is 25.3 Å². The normalized spacial score (nSPS) is 17.7. The van der Waals surface area contributed by atoms with Crippen molar-refractivity contribution in [1.29, 1.82) is 0 Å². The summed E-state index contributed by atoms with van der Waals surface area (Å²) in [5, 5.41) is 7.43. The number of fused-ring (bicyclic) bond motifs is 2. The van der Waals surface area contributed by atoms with Crippen molar-refractivity contribution in [3.05, 3.63) is 59.6 Å². The van der Waals surface area contributed by atoms with Crippen molar-refractivity contribution in [3.63, 3.8) is 0 Å². The molecule has 3 heterocycles. The summed E-state index contributed by atoms with van der Waals surface area (Å²) in [7, 11) is 1.64. The minimum absolute atomic E-state index is 0.0357. The van der Waals surface area contributed by atoms with Crippen molar-refractivity contribution >= 4 is 17.5 Å². The summed E-state index contributed by atoms with van der Waals surface area (Å²) < 4.78 is 6.95. The molecule has 8 nitrogen and oxygen atoms in total. The number of aryl methyl sites for hydroxylation is 1. The molecular formula is C21H22N6O2. The molecule has 148 valence electrons. The second-order valence-electron chi connectivity index (χ2n) is 7.28. The molecule has 0 bridgehead atoms. The van der Waals surface area contributed by atoms with E-state index in [4.69, 9.17) is 4.74 Å². The third-order valence-corrected chi connectivity index (χ3v) is 5.55. The number of ether oxygens (including phenoxy) is 1. The van der Waals surface area contributed by atoms with Gasteiger partial charge in [-0.3, -0.25) is 4.79 Å². The molecular weight excluding hydrogens is 368 g/mol. The zero-order chi connectivity index (χ0) is 19.8. The lowest BCUT2D eigenvalue weighted by Crippen LogP contribution is -2.44. The van der Waals surface area contributed by atoms with Gasteiger partial charge in [0.05, 0.1) is 12.8 Å². The molecule has 1 amide bonds. The average molecular weight is 390 g/mol. The molecule has 29 heavy (non-hydrogen) atoms. The van der Waals surface area contributed by atoms with E-state index in [-0.39, 0.29) is 11.9 Å². The highest BCUT2D eigenvalue weighted by molar-refractivity contribution is 5.88. The number of rotatable bonds is 5. The highest BCUT2D eigenvalue weighted by atomic mass is 16.5. The Hall–Kier alpha value is -3.42. The van der Waals surface area contributed by atoms with Gasteiger partial charge in [-0.25, -0.2) is 4.98 Å². The van der Waals surface area contributed by atoms with Crippen LogP contribution < -0.4 is 15.0 Å². The molecule has 2 aromatic heterocycles. The molecule has 1 N–H and O–H groups in total. The van der Waals surface area contributed by atoms with Crippen molar-refractivity contribution < 1.29 is 9.53 Å². The van der Waals surface area contributed by atoms with E-state index in [1.54, 1.807) is 11.6 Å². The van der Waals surface area contributed by atoms with Crippen molar-refractivity contribution in [3.8, 4) is 5.75 Å². The standard InChI is InChI=1S/C21H22N6O2/c1-29-15-9-7-14(8-10-15)12-22-19(28)18-6-3-11-26(18)20-16-4-2-5-17(16)25-21-23-13-24-27(20)21/h3,6-10,13,18H,2,4-5,11-12H2,1H3,(H,22,28)/t18-/m0/s1. The second-order valence-corrected chi connectivity index (χ2v) is 7.28. The maximum atomic E-state index is 13.0. The number of nitrogens with zero attached hydrogens (tertiary/aromatic N) is 5. The summed E-state index contributed by atoms with van der Waals surface area (Å²) in [5.41, 5.74) is 3.28. The Balaban J connectivity index is 1.39. The number of benzene rings is 1. The maximum absolute atomic E-state index is 13.0. The van der Waals surface area contributed by atoms with E-state index in [0.29, 0.717) is 18.9 Å². The summed E-state index contributed by atoms with van der Waals surface area (Å²) in [6.45, 7) is 1.13. The number of hydrogen-bond acceptors (Lipinski definition) is 6. The lowest BCUT2D eigenvalue weighted by atomic mass is 10.2. The Morgan fingerprint density at radius 2 is 2.14 bits per heavy atom. The van der Waals surface area contributed by atoms with Gasteiger partial charge in [0.25, 0.3) is 5.78 Å². The van der Waals surface area contributed by atoms with Crippen molar-refractivity contribution in [1.82, 2.24) is 24.9 Å². The van der Waals surface area contributed by atoms with Crippen LogP contribution in [-0.2, 0) is 24.2 Å². The molecule has 3 aromatic rings. The van der Waals surface area contributed by atoms with E-state index in [1.165, 1.54) is 11.9 Å². The van der Waals surface area contributed by atoms with Crippen LogP contribution in [0.1, 0.15) is 23.2 Å². The first-order valence-electron chi connectivity index (χ1n) is 9.80. The first kappa shape index (κ1) is 17.7. The molecule has 5 rings (SSSR count). The molecule has 0 saturated carbocycles. The minimum Gasteiger partial charge on any atom is -0.497 e. The van der Waals surface area contributed by atoms with E-state index >= 15 is 0 Å². The van der Waals surface area contributed by atoms with Gasteiger partial charge in [-0.15, -0.1) is 0 Å². The van der Waals surface area contributed by atoms with E-state index < -0.39 is 0 Å². The fourth-order valence-corrected chi connectivity index (χ4v) is 4.10. The largest absolute Gasteiger partial charge is 0.497 e. The van der Waals surface area contributed by atoms with Crippen LogP contribution in [-0.4, -0.2) is 45.2 Å². The van der Waals surface area contributed by atoms with Crippen LogP contribution in [0.4, 0.5) is 5.82 Å². The Labute approximate surface area is 168 Å². The van der Waals surface area contributed by atoms with Gasteiger partial charge in [-0.1, -0.05) is 24.3 Å². The zero-order valence-corrected chi connectivity index (χ0v) is 16.2. The van der Waals surface area contributed by atoms with Gasteiger partial charge in [-0.2, -0.15) is 14.6 Å². The average Bonchev–Trinajstić information content (AvgIpc) is 3.50. The number of amides is 1. The second kappa shape index (κ2) is 7.20. The molecule has 0 unspecified atom stereocenters. The van der Waals surface area contributed by atoms with E-state index in [0.717, 1.165) is 42.1 Å². The highest BCUT2D eigenvalue weighted by Gasteiger charge is 2.32. The van der Waals surface area contributed by atoms with Gasteiger partial charge in [-0.05, 0) is 37.0 Å². The van der Waals surface area contributed by atoms with Gasteiger partial charge in [0, 0.05) is 18.7 Å². The van der Waals surface area contributed by atoms with Gasteiger partial charge >= 0.3 is 0 Å². The molecule has 8 heteroatoms. The van der Waals surface area contributed by atoms with Crippen LogP contribution in [0.2, 0.25) is 0 Å².